The van der Waals surface area contributed by atoms with E-state index in [1.54, 1.807) is 24.1 Å². The number of carbonyl (C=O) groups excluding carboxylic acids is 1. The molecule has 0 bridgehead atoms. The number of hydrogen-bond acceptors (Lipinski definition) is 3. The summed E-state index contributed by atoms with van der Waals surface area (Å²) in [5, 5.41) is 3.32. The molecule has 1 fully saturated rings. The van der Waals surface area contributed by atoms with Crippen molar-refractivity contribution in [3.63, 3.8) is 0 Å². The topological polar surface area (TPSA) is 41.6 Å². The summed E-state index contributed by atoms with van der Waals surface area (Å²) in [4.78, 5) is 14.3. The Morgan fingerprint density at radius 1 is 1.33 bits per heavy atom. The third-order valence-electron chi connectivity index (χ3n) is 3.95. The predicted molar refractivity (Wildman–Crippen MR) is 79.2 cm³/mol. The van der Waals surface area contributed by atoms with Crippen molar-refractivity contribution < 1.29 is 13.9 Å². The molecular weight excluding hydrogens is 271 g/mol. The highest BCUT2D eigenvalue weighted by Gasteiger charge is 2.41. The second-order valence-corrected chi connectivity index (χ2v) is 6.01. The van der Waals surface area contributed by atoms with Gasteiger partial charge in [0.15, 0.2) is 0 Å². The van der Waals surface area contributed by atoms with Crippen molar-refractivity contribution in [3.8, 4) is 0 Å². The highest BCUT2D eigenvalue weighted by atomic mass is 19.1. The molecule has 116 valence electrons. The summed E-state index contributed by atoms with van der Waals surface area (Å²) in [5.41, 5.74) is 0.450. The molecule has 0 spiro atoms. The number of benzene rings is 1. The molecule has 0 saturated carbocycles. The molecular formula is C16H23FN2O2. The minimum absolute atomic E-state index is 0.0666. The van der Waals surface area contributed by atoms with Crippen molar-refractivity contribution in [1.82, 2.24) is 10.2 Å². The number of methoxy groups -OCH3 is 1. The van der Waals surface area contributed by atoms with Crippen LogP contribution in [-0.2, 0) is 9.53 Å². The number of rotatable bonds is 5. The lowest BCUT2D eigenvalue weighted by Gasteiger charge is -2.32. The molecule has 2 atom stereocenters. The third kappa shape index (κ3) is 3.41. The standard InChI is InChI=1S/C16H23FN2O2/c1-5-13-15(20)19(10-16(2,3)21-4)14(18-13)11-6-8-12(17)9-7-11/h6-9,13-14,18H,5,10H2,1-4H3. The van der Waals surface area contributed by atoms with E-state index >= 15 is 0 Å². The number of nitrogens with zero attached hydrogens (tertiary/aromatic N) is 1. The Hall–Kier alpha value is -1.46. The summed E-state index contributed by atoms with van der Waals surface area (Å²) in [6, 6.07) is 6.06. The van der Waals surface area contributed by atoms with E-state index in [-0.39, 0.29) is 23.9 Å². The Kier molecular flexibility index (Phi) is 4.64. The first-order chi connectivity index (χ1) is 9.88. The summed E-state index contributed by atoms with van der Waals surface area (Å²) in [5.74, 6) is -0.212. The maximum atomic E-state index is 13.1. The summed E-state index contributed by atoms with van der Waals surface area (Å²) >= 11 is 0. The van der Waals surface area contributed by atoms with Gasteiger partial charge in [0.05, 0.1) is 18.2 Å². The van der Waals surface area contributed by atoms with Crippen molar-refractivity contribution in [2.45, 2.75) is 45.0 Å². The lowest BCUT2D eigenvalue weighted by Crippen LogP contribution is -2.43. The van der Waals surface area contributed by atoms with Crippen LogP contribution in [0.25, 0.3) is 0 Å². The third-order valence-corrected chi connectivity index (χ3v) is 3.95. The fourth-order valence-corrected chi connectivity index (χ4v) is 2.54. The second kappa shape index (κ2) is 6.12. The van der Waals surface area contributed by atoms with E-state index in [0.717, 1.165) is 12.0 Å². The van der Waals surface area contributed by atoms with Crippen LogP contribution in [-0.4, -0.2) is 36.1 Å². The normalized spacial score (nSPS) is 22.9. The Morgan fingerprint density at radius 2 is 1.95 bits per heavy atom. The van der Waals surface area contributed by atoms with Crippen molar-refractivity contribution in [3.05, 3.63) is 35.6 Å². The van der Waals surface area contributed by atoms with Gasteiger partial charge in [0.2, 0.25) is 5.91 Å². The zero-order valence-corrected chi connectivity index (χ0v) is 13.0. The van der Waals surface area contributed by atoms with Crippen molar-refractivity contribution in [2.24, 2.45) is 0 Å². The second-order valence-electron chi connectivity index (χ2n) is 6.01. The van der Waals surface area contributed by atoms with E-state index in [1.807, 2.05) is 20.8 Å². The SMILES string of the molecule is CCC1NC(c2ccc(F)cc2)N(CC(C)(C)OC)C1=O. The fourth-order valence-electron chi connectivity index (χ4n) is 2.54. The molecule has 1 aromatic carbocycles. The Bertz CT molecular complexity index is 502. The van der Waals surface area contributed by atoms with Crippen LogP contribution in [0.1, 0.15) is 38.9 Å². The molecule has 1 saturated heterocycles. The Balaban J connectivity index is 2.28. The number of amides is 1. The van der Waals surface area contributed by atoms with Crippen LogP contribution >= 0.6 is 0 Å². The van der Waals surface area contributed by atoms with Crippen LogP contribution in [0.4, 0.5) is 4.39 Å². The van der Waals surface area contributed by atoms with Crippen LogP contribution in [0, 0.1) is 5.82 Å². The summed E-state index contributed by atoms with van der Waals surface area (Å²) in [7, 11) is 1.64. The van der Waals surface area contributed by atoms with E-state index in [4.69, 9.17) is 4.74 Å². The van der Waals surface area contributed by atoms with Gasteiger partial charge < -0.3 is 9.64 Å². The smallest absolute Gasteiger partial charge is 0.241 e. The van der Waals surface area contributed by atoms with Crippen LogP contribution in [0.3, 0.4) is 0 Å². The van der Waals surface area contributed by atoms with Gasteiger partial charge in [0.25, 0.3) is 0 Å². The van der Waals surface area contributed by atoms with Gasteiger partial charge in [0.1, 0.15) is 12.0 Å². The van der Waals surface area contributed by atoms with E-state index in [2.05, 4.69) is 5.32 Å². The summed E-state index contributed by atoms with van der Waals surface area (Å²) in [6.07, 6.45) is 0.484. The van der Waals surface area contributed by atoms with Gasteiger partial charge >= 0.3 is 0 Å². The molecule has 1 aliphatic heterocycles. The van der Waals surface area contributed by atoms with Crippen molar-refractivity contribution in [2.75, 3.05) is 13.7 Å². The largest absolute Gasteiger partial charge is 0.377 e. The number of hydrogen-bond donors (Lipinski definition) is 1. The Labute approximate surface area is 125 Å². The molecule has 0 radical (unpaired) electrons. The first kappa shape index (κ1) is 15.9. The molecule has 2 rings (SSSR count). The van der Waals surface area contributed by atoms with Crippen LogP contribution < -0.4 is 5.32 Å². The van der Waals surface area contributed by atoms with Crippen molar-refractivity contribution in [1.29, 1.82) is 0 Å². The molecule has 2 unspecified atom stereocenters. The zero-order valence-electron chi connectivity index (χ0n) is 13.0. The van der Waals surface area contributed by atoms with Gasteiger partial charge in [-0.25, -0.2) is 4.39 Å². The monoisotopic (exact) mass is 294 g/mol. The minimum atomic E-state index is -0.432. The van der Waals surface area contributed by atoms with Gasteiger partial charge in [-0.15, -0.1) is 0 Å². The molecule has 1 aromatic rings. The van der Waals surface area contributed by atoms with E-state index < -0.39 is 5.60 Å². The highest BCUT2D eigenvalue weighted by molar-refractivity contribution is 5.84. The minimum Gasteiger partial charge on any atom is -0.377 e. The van der Waals surface area contributed by atoms with Gasteiger partial charge in [-0.1, -0.05) is 19.1 Å². The maximum Gasteiger partial charge on any atom is 0.241 e. The maximum absolute atomic E-state index is 13.1. The van der Waals surface area contributed by atoms with E-state index in [9.17, 15) is 9.18 Å². The lowest BCUT2D eigenvalue weighted by molar-refractivity contribution is -0.133. The molecule has 0 aromatic heterocycles. The quantitative estimate of drug-likeness (QED) is 0.907. The average molecular weight is 294 g/mol. The highest BCUT2D eigenvalue weighted by Crippen LogP contribution is 2.28. The van der Waals surface area contributed by atoms with Gasteiger partial charge in [-0.2, -0.15) is 0 Å². The van der Waals surface area contributed by atoms with Crippen LogP contribution in [0.15, 0.2) is 24.3 Å². The molecule has 1 aliphatic rings. The summed E-state index contributed by atoms with van der Waals surface area (Å²) in [6.45, 7) is 6.35. The first-order valence-electron chi connectivity index (χ1n) is 7.25. The van der Waals surface area contributed by atoms with Gasteiger partial charge in [-0.3, -0.25) is 10.1 Å². The number of ether oxygens (including phenoxy) is 1. The number of halogens is 1. The Morgan fingerprint density at radius 3 is 2.48 bits per heavy atom. The molecule has 0 aliphatic carbocycles. The molecule has 21 heavy (non-hydrogen) atoms. The molecule has 1 amide bonds. The fraction of sp³-hybridized carbons (Fsp3) is 0.562. The average Bonchev–Trinajstić information content (AvgIpc) is 2.76. The van der Waals surface area contributed by atoms with Crippen LogP contribution in [0.5, 0.6) is 0 Å². The summed E-state index contributed by atoms with van der Waals surface area (Å²) < 4.78 is 18.5. The zero-order chi connectivity index (χ0) is 15.6. The van der Waals surface area contributed by atoms with Crippen LogP contribution in [0.2, 0.25) is 0 Å². The molecule has 1 heterocycles. The van der Waals surface area contributed by atoms with Gasteiger partial charge in [0, 0.05) is 7.11 Å². The molecule has 5 heteroatoms. The lowest BCUT2D eigenvalue weighted by atomic mass is 10.1. The molecule has 4 nitrogen and oxygen atoms in total. The number of carbonyl (C=O) groups is 1. The van der Waals surface area contributed by atoms with E-state index in [0.29, 0.717) is 6.54 Å². The molecule has 1 N–H and O–H groups in total. The predicted octanol–water partition coefficient (Wildman–Crippen LogP) is 2.46. The van der Waals surface area contributed by atoms with Gasteiger partial charge in [-0.05, 0) is 38.0 Å². The first-order valence-corrected chi connectivity index (χ1v) is 7.25. The number of nitrogens with one attached hydrogen (secondary N) is 1. The van der Waals surface area contributed by atoms with E-state index in [1.165, 1.54) is 12.1 Å². The van der Waals surface area contributed by atoms with Crippen molar-refractivity contribution >= 4 is 5.91 Å².